The molecule has 6 nitrogen and oxygen atoms in total. The van der Waals surface area contributed by atoms with Crippen LogP contribution in [0.5, 0.6) is 0 Å². The van der Waals surface area contributed by atoms with Crippen LogP contribution in [0.2, 0.25) is 0 Å². The predicted molar refractivity (Wildman–Crippen MR) is 92.8 cm³/mol. The Bertz CT molecular complexity index is 1040. The number of fused-ring (bicyclic) bond motifs is 4. The van der Waals surface area contributed by atoms with Crippen LogP contribution < -0.4 is 15.6 Å². The van der Waals surface area contributed by atoms with Crippen LogP contribution in [0.15, 0.2) is 41.3 Å². The number of nitrogens with one attached hydrogen (secondary N) is 2. The molecular formula is C18H16N4O2. The van der Waals surface area contributed by atoms with Gasteiger partial charge in [0.25, 0.3) is 5.91 Å². The summed E-state index contributed by atoms with van der Waals surface area (Å²) >= 11 is 0. The highest BCUT2D eigenvalue weighted by molar-refractivity contribution is 6.10. The van der Waals surface area contributed by atoms with E-state index in [9.17, 15) is 9.59 Å². The number of rotatable bonds is 1. The zero-order chi connectivity index (χ0) is 16.3. The number of hydrogen-bond donors (Lipinski definition) is 2. The van der Waals surface area contributed by atoms with Gasteiger partial charge in [-0.25, -0.2) is 0 Å². The van der Waals surface area contributed by atoms with Crippen LogP contribution in [0.4, 0.5) is 5.69 Å². The molecule has 1 saturated heterocycles. The first-order chi connectivity index (χ1) is 11.7. The fraction of sp³-hybridized carbons (Fsp3) is 0.222. The highest BCUT2D eigenvalue weighted by atomic mass is 16.2. The number of H-pyrrole nitrogens is 1. The highest BCUT2D eigenvalue weighted by Crippen LogP contribution is 2.31. The van der Waals surface area contributed by atoms with E-state index in [-0.39, 0.29) is 16.9 Å². The van der Waals surface area contributed by atoms with Crippen molar-refractivity contribution in [1.82, 2.24) is 14.9 Å². The lowest BCUT2D eigenvalue weighted by atomic mass is 10.1. The molecule has 0 spiro atoms. The van der Waals surface area contributed by atoms with Crippen LogP contribution in [0.25, 0.3) is 22.3 Å². The SMILES string of the molecule is O=C1c2c([nH]c3cc(N4CCNCC4)ccc3c2=O)-c2cccn21. The zero-order valence-electron chi connectivity index (χ0n) is 13.0. The lowest BCUT2D eigenvalue weighted by Crippen LogP contribution is -2.43. The van der Waals surface area contributed by atoms with Crippen LogP contribution in [0, 0.1) is 0 Å². The number of hydrogen-bond acceptors (Lipinski definition) is 4. The molecule has 0 aliphatic carbocycles. The Hall–Kier alpha value is -2.86. The number of aromatic amines is 1. The summed E-state index contributed by atoms with van der Waals surface area (Å²) < 4.78 is 1.53. The number of carbonyl (C=O) groups excluding carboxylic acids is 1. The van der Waals surface area contributed by atoms with Gasteiger partial charge in [0.1, 0.15) is 5.56 Å². The van der Waals surface area contributed by atoms with Crippen molar-refractivity contribution in [3.63, 3.8) is 0 Å². The molecule has 0 amide bonds. The van der Waals surface area contributed by atoms with E-state index in [0.717, 1.165) is 43.1 Å². The summed E-state index contributed by atoms with van der Waals surface area (Å²) in [5.41, 5.74) is 3.30. The Balaban J connectivity index is 1.72. The van der Waals surface area contributed by atoms with Gasteiger partial charge in [0.05, 0.1) is 16.9 Å². The Morgan fingerprint density at radius 2 is 1.88 bits per heavy atom. The smallest absolute Gasteiger partial charge is 0.268 e. The molecule has 3 aromatic rings. The third-order valence-corrected chi connectivity index (χ3v) is 4.90. The fourth-order valence-corrected chi connectivity index (χ4v) is 3.68. The van der Waals surface area contributed by atoms with Crippen molar-refractivity contribution in [3.05, 3.63) is 52.3 Å². The van der Waals surface area contributed by atoms with Gasteiger partial charge in [0.2, 0.25) is 5.43 Å². The average Bonchev–Trinajstić information content (AvgIpc) is 3.19. The van der Waals surface area contributed by atoms with Crippen LogP contribution in [-0.4, -0.2) is 41.6 Å². The van der Waals surface area contributed by atoms with Gasteiger partial charge in [0.15, 0.2) is 0 Å². The van der Waals surface area contributed by atoms with E-state index < -0.39 is 0 Å². The summed E-state index contributed by atoms with van der Waals surface area (Å²) in [4.78, 5) is 30.9. The number of benzene rings is 1. The topological polar surface area (TPSA) is 70.1 Å². The molecule has 1 fully saturated rings. The Morgan fingerprint density at radius 3 is 2.71 bits per heavy atom. The maximum atomic E-state index is 12.8. The first-order valence-corrected chi connectivity index (χ1v) is 8.12. The Labute approximate surface area is 137 Å². The molecule has 120 valence electrons. The van der Waals surface area contributed by atoms with Gasteiger partial charge < -0.3 is 15.2 Å². The zero-order valence-corrected chi connectivity index (χ0v) is 13.0. The van der Waals surface area contributed by atoms with Crippen molar-refractivity contribution in [2.45, 2.75) is 0 Å². The number of pyridine rings is 1. The van der Waals surface area contributed by atoms with E-state index in [1.165, 1.54) is 4.57 Å². The van der Waals surface area contributed by atoms with Crippen molar-refractivity contribution in [2.24, 2.45) is 0 Å². The highest BCUT2D eigenvalue weighted by Gasteiger charge is 2.30. The Morgan fingerprint density at radius 1 is 1.04 bits per heavy atom. The van der Waals surface area contributed by atoms with Crippen molar-refractivity contribution in [3.8, 4) is 11.4 Å². The van der Waals surface area contributed by atoms with Gasteiger partial charge in [-0.1, -0.05) is 0 Å². The van der Waals surface area contributed by atoms with Gasteiger partial charge in [-0.2, -0.15) is 0 Å². The standard InChI is InChI=1S/C18H16N4O2/c23-17-12-4-3-11(21-8-5-19-6-9-21)10-13(12)20-16-14-2-1-7-22(14)18(24)15(16)17/h1-4,7,10,19H,5-6,8-9H2,(H,20,23). The molecule has 0 unspecified atom stereocenters. The minimum atomic E-state index is -0.251. The number of piperazine rings is 1. The third kappa shape index (κ3) is 1.74. The molecule has 0 radical (unpaired) electrons. The monoisotopic (exact) mass is 320 g/mol. The van der Waals surface area contributed by atoms with Crippen molar-refractivity contribution in [2.75, 3.05) is 31.1 Å². The molecule has 24 heavy (non-hydrogen) atoms. The van der Waals surface area contributed by atoms with Crippen molar-refractivity contribution in [1.29, 1.82) is 0 Å². The first-order valence-electron chi connectivity index (χ1n) is 8.12. The van der Waals surface area contributed by atoms with E-state index in [1.54, 1.807) is 6.20 Å². The molecule has 0 saturated carbocycles. The second-order valence-electron chi connectivity index (χ2n) is 6.24. The summed E-state index contributed by atoms with van der Waals surface area (Å²) in [7, 11) is 0. The molecule has 0 atom stereocenters. The van der Waals surface area contributed by atoms with Crippen LogP contribution in [-0.2, 0) is 0 Å². The second kappa shape index (κ2) is 4.82. The second-order valence-corrected chi connectivity index (χ2v) is 6.24. The van der Waals surface area contributed by atoms with Crippen molar-refractivity contribution < 1.29 is 4.79 Å². The molecule has 1 aromatic carbocycles. The van der Waals surface area contributed by atoms with Gasteiger partial charge in [0, 0.05) is 43.4 Å². The number of anilines is 1. The number of aromatic nitrogens is 2. The van der Waals surface area contributed by atoms with E-state index in [0.29, 0.717) is 11.1 Å². The minimum absolute atomic E-state index is 0.195. The van der Waals surface area contributed by atoms with Gasteiger partial charge >= 0.3 is 0 Å². The minimum Gasteiger partial charge on any atom is -0.369 e. The summed E-state index contributed by atoms with van der Waals surface area (Å²) in [5.74, 6) is -0.251. The molecule has 5 rings (SSSR count). The maximum Gasteiger partial charge on any atom is 0.268 e. The third-order valence-electron chi connectivity index (χ3n) is 4.90. The van der Waals surface area contributed by atoms with E-state index >= 15 is 0 Å². The summed E-state index contributed by atoms with van der Waals surface area (Å²) in [5, 5.41) is 3.90. The number of nitrogens with zero attached hydrogens (tertiary/aromatic N) is 2. The predicted octanol–water partition coefficient (Wildman–Crippen LogP) is 1.41. The van der Waals surface area contributed by atoms with Gasteiger partial charge in [-0.3, -0.25) is 14.2 Å². The largest absolute Gasteiger partial charge is 0.369 e. The number of carbonyl (C=O) groups is 1. The normalized spacial score (nSPS) is 16.5. The maximum absolute atomic E-state index is 12.8. The molecule has 2 aliphatic heterocycles. The molecular weight excluding hydrogens is 304 g/mol. The molecule has 6 heteroatoms. The lowest BCUT2D eigenvalue weighted by Gasteiger charge is -2.29. The van der Waals surface area contributed by atoms with E-state index in [2.05, 4.69) is 15.2 Å². The molecule has 2 aliphatic rings. The lowest BCUT2D eigenvalue weighted by molar-refractivity contribution is 0.0968. The van der Waals surface area contributed by atoms with Gasteiger partial charge in [-0.15, -0.1) is 0 Å². The first kappa shape index (κ1) is 13.6. The fourth-order valence-electron chi connectivity index (χ4n) is 3.68. The molecule has 2 aromatic heterocycles. The summed E-state index contributed by atoms with van der Waals surface area (Å²) in [6.07, 6.45) is 1.70. The summed E-state index contributed by atoms with van der Waals surface area (Å²) in [6.45, 7) is 3.81. The van der Waals surface area contributed by atoms with E-state index in [1.807, 2.05) is 30.3 Å². The molecule has 4 heterocycles. The van der Waals surface area contributed by atoms with Crippen LogP contribution in [0.1, 0.15) is 10.4 Å². The molecule has 2 N–H and O–H groups in total. The van der Waals surface area contributed by atoms with Gasteiger partial charge in [-0.05, 0) is 30.3 Å². The molecule has 0 bridgehead atoms. The average molecular weight is 320 g/mol. The van der Waals surface area contributed by atoms with Crippen molar-refractivity contribution >= 4 is 22.5 Å². The van der Waals surface area contributed by atoms with E-state index in [4.69, 9.17) is 0 Å². The summed E-state index contributed by atoms with van der Waals surface area (Å²) in [6, 6.07) is 9.47. The van der Waals surface area contributed by atoms with Crippen LogP contribution >= 0.6 is 0 Å². The Kier molecular flexibility index (Phi) is 2.72. The quantitative estimate of drug-likeness (QED) is 0.556. The van der Waals surface area contributed by atoms with Crippen LogP contribution in [0.3, 0.4) is 0 Å².